The molecule has 5 rings (SSSR count). The van der Waals surface area contributed by atoms with Gasteiger partial charge in [-0.05, 0) is 54.4 Å². The third-order valence-electron chi connectivity index (χ3n) is 5.27. The second-order valence-corrected chi connectivity index (χ2v) is 8.53. The normalized spacial score (nSPS) is 10.2. The molecule has 1 N–H and O–H groups in total. The average molecular weight is 499 g/mol. The van der Waals surface area contributed by atoms with Gasteiger partial charge in [-0.3, -0.25) is 19.9 Å². The van der Waals surface area contributed by atoms with E-state index in [0.717, 1.165) is 20.6 Å². The number of nitrogens with one attached hydrogen (secondary N) is 1. The fourth-order valence-electron chi connectivity index (χ4n) is 3.59. The van der Waals surface area contributed by atoms with Gasteiger partial charge >= 0.3 is 5.69 Å². The first-order valence-electron chi connectivity index (χ1n) is 10.6. The average Bonchev–Trinajstić information content (AvgIpc) is 3.22. The molecule has 2 aromatic heterocycles. The summed E-state index contributed by atoms with van der Waals surface area (Å²) in [5, 5.41) is 11.3. The van der Waals surface area contributed by atoms with Crippen LogP contribution in [-0.4, -0.2) is 20.6 Å². The van der Waals surface area contributed by atoms with E-state index in [2.05, 4.69) is 9.98 Å². The van der Waals surface area contributed by atoms with Crippen LogP contribution in [0.25, 0.3) is 26.3 Å². The van der Waals surface area contributed by atoms with Crippen molar-refractivity contribution in [1.29, 1.82) is 0 Å². The Labute approximate surface area is 207 Å². The van der Waals surface area contributed by atoms with Crippen molar-refractivity contribution in [1.82, 2.24) is 9.55 Å². The Morgan fingerprint density at radius 1 is 0.944 bits per heavy atom. The van der Waals surface area contributed by atoms with E-state index in [-0.39, 0.29) is 11.2 Å². The Hall–Kier alpha value is -4.92. The minimum atomic E-state index is -0.504. The molecule has 0 saturated heterocycles. The number of benzene rings is 3. The lowest BCUT2D eigenvalue weighted by Gasteiger charge is -2.04. The van der Waals surface area contributed by atoms with E-state index in [0.29, 0.717) is 21.6 Å². The molecule has 0 unspecified atom stereocenters. The van der Waals surface area contributed by atoms with E-state index in [9.17, 15) is 24.5 Å². The molecule has 3 aromatic carbocycles. The fraction of sp³-hybridized carbons (Fsp3) is 0.0385. The first-order chi connectivity index (χ1) is 17.4. The Morgan fingerprint density at radius 3 is 2.14 bits per heavy atom. The largest absolute Gasteiger partial charge is 0.334 e. The first kappa shape index (κ1) is 24.2. The number of hydrogen-bond acceptors (Lipinski definition) is 7. The van der Waals surface area contributed by atoms with Crippen LogP contribution in [0, 0.1) is 17.0 Å². The molecule has 0 fully saturated rings. The van der Waals surface area contributed by atoms with Crippen molar-refractivity contribution in [3.63, 3.8) is 0 Å². The molecule has 2 heterocycles. The fourth-order valence-corrected chi connectivity index (χ4v) is 4.79. The molecular formula is C26H18N4O5S. The number of H-pyrrole nitrogens is 1. The van der Waals surface area contributed by atoms with Crippen LogP contribution in [0.3, 0.4) is 0 Å². The molecule has 5 aromatic rings. The van der Waals surface area contributed by atoms with Crippen LogP contribution >= 0.6 is 11.3 Å². The molecule has 0 aliphatic heterocycles. The Kier molecular flexibility index (Phi) is 7.10. The highest BCUT2D eigenvalue weighted by Crippen LogP contribution is 2.36. The lowest BCUT2D eigenvalue weighted by Crippen LogP contribution is -2.33. The summed E-state index contributed by atoms with van der Waals surface area (Å²) >= 11 is 1.28. The van der Waals surface area contributed by atoms with Gasteiger partial charge in [0.25, 0.3) is 11.2 Å². The molecule has 10 heteroatoms. The topological polar surface area (TPSA) is 127 Å². The van der Waals surface area contributed by atoms with Gasteiger partial charge in [0.05, 0.1) is 21.7 Å². The number of hydrogen-bond donors (Lipinski definition) is 1. The number of nitro groups is 1. The van der Waals surface area contributed by atoms with Crippen molar-refractivity contribution in [3.8, 4) is 16.1 Å². The van der Waals surface area contributed by atoms with Gasteiger partial charge in [0.2, 0.25) is 6.08 Å². The number of rotatable bonds is 4. The Balaban J connectivity index is 0.000000286. The summed E-state index contributed by atoms with van der Waals surface area (Å²) in [7, 11) is 0. The summed E-state index contributed by atoms with van der Waals surface area (Å²) in [5.41, 5.74) is 1.73. The number of aliphatic imine (C=N–C) groups is 1. The smallest absolute Gasteiger partial charge is 0.298 e. The highest BCUT2D eigenvalue weighted by atomic mass is 32.1. The number of nitro benzene ring substituents is 1. The van der Waals surface area contributed by atoms with Crippen molar-refractivity contribution < 1.29 is 9.72 Å². The predicted molar refractivity (Wildman–Crippen MR) is 139 cm³/mol. The molecule has 0 bridgehead atoms. The number of isocyanates is 1. The predicted octanol–water partition coefficient (Wildman–Crippen LogP) is 5.28. The van der Waals surface area contributed by atoms with E-state index in [1.165, 1.54) is 29.5 Å². The van der Waals surface area contributed by atoms with Crippen LogP contribution in [0.2, 0.25) is 0 Å². The van der Waals surface area contributed by atoms with E-state index < -0.39 is 10.6 Å². The number of thiophene rings is 1. The number of non-ortho nitro benzene ring substituents is 1. The van der Waals surface area contributed by atoms with Gasteiger partial charge in [0, 0.05) is 17.0 Å². The van der Waals surface area contributed by atoms with Crippen molar-refractivity contribution in [2.75, 3.05) is 0 Å². The van der Waals surface area contributed by atoms with Gasteiger partial charge < -0.3 is 0 Å². The van der Waals surface area contributed by atoms with Crippen LogP contribution in [0.5, 0.6) is 0 Å². The number of fused-ring (bicyclic) bond motifs is 1. The SMILES string of the molecule is Cc1c(-c2ccc([N+](=O)[O-])cc2)sc2[nH]c(=O)n(-c3ccccc3)c(=O)c12.O=C=Nc1ccccc1. The van der Waals surface area contributed by atoms with E-state index in [4.69, 9.17) is 0 Å². The maximum atomic E-state index is 13.0. The lowest BCUT2D eigenvalue weighted by atomic mass is 10.1. The Morgan fingerprint density at radius 2 is 1.56 bits per heavy atom. The molecule has 0 radical (unpaired) electrons. The van der Waals surface area contributed by atoms with Crippen molar-refractivity contribution in [2.45, 2.75) is 6.92 Å². The number of para-hydroxylation sites is 2. The second kappa shape index (κ2) is 10.6. The molecular weight excluding hydrogens is 480 g/mol. The number of carbonyl (C=O) groups excluding carboxylic acids is 1. The van der Waals surface area contributed by atoms with E-state index >= 15 is 0 Å². The van der Waals surface area contributed by atoms with Crippen LogP contribution in [0.15, 0.2) is 99.5 Å². The van der Waals surface area contributed by atoms with Gasteiger partial charge in [-0.15, -0.1) is 11.3 Å². The molecule has 0 amide bonds. The Bertz CT molecular complexity index is 1700. The summed E-state index contributed by atoms with van der Waals surface area (Å²) in [6.07, 6.45) is 1.46. The molecule has 0 aliphatic rings. The summed E-state index contributed by atoms with van der Waals surface area (Å²) in [4.78, 5) is 53.0. The number of aryl methyl sites for hydroxylation is 1. The highest BCUT2D eigenvalue weighted by molar-refractivity contribution is 7.22. The second-order valence-electron chi connectivity index (χ2n) is 7.51. The molecule has 0 aliphatic carbocycles. The third kappa shape index (κ3) is 4.95. The van der Waals surface area contributed by atoms with Gasteiger partial charge in [0.1, 0.15) is 4.83 Å². The zero-order valence-corrected chi connectivity index (χ0v) is 19.7. The summed E-state index contributed by atoms with van der Waals surface area (Å²) in [6.45, 7) is 1.81. The summed E-state index contributed by atoms with van der Waals surface area (Å²) in [5.74, 6) is 0. The van der Waals surface area contributed by atoms with Crippen molar-refractivity contribution in [2.24, 2.45) is 4.99 Å². The van der Waals surface area contributed by atoms with Crippen molar-refractivity contribution >= 4 is 39.0 Å². The highest BCUT2D eigenvalue weighted by Gasteiger charge is 2.18. The first-order valence-corrected chi connectivity index (χ1v) is 11.4. The quantitative estimate of drug-likeness (QED) is 0.156. The number of nitrogens with zero attached hydrogens (tertiary/aromatic N) is 3. The minimum Gasteiger partial charge on any atom is -0.298 e. The lowest BCUT2D eigenvalue weighted by molar-refractivity contribution is -0.384. The minimum absolute atomic E-state index is 0.00245. The van der Waals surface area contributed by atoms with E-state index in [1.807, 2.05) is 31.2 Å². The number of aromatic amines is 1. The maximum absolute atomic E-state index is 13.0. The third-order valence-corrected chi connectivity index (χ3v) is 6.53. The van der Waals surface area contributed by atoms with Crippen LogP contribution in [0.1, 0.15) is 5.56 Å². The van der Waals surface area contributed by atoms with E-state index in [1.54, 1.807) is 48.5 Å². The van der Waals surface area contributed by atoms with Crippen LogP contribution < -0.4 is 11.2 Å². The van der Waals surface area contributed by atoms with Crippen LogP contribution in [-0.2, 0) is 4.79 Å². The zero-order valence-electron chi connectivity index (χ0n) is 18.9. The number of aromatic nitrogens is 2. The zero-order chi connectivity index (χ0) is 25.7. The summed E-state index contributed by atoms with van der Waals surface area (Å²) < 4.78 is 1.11. The molecule has 0 saturated carbocycles. The molecule has 36 heavy (non-hydrogen) atoms. The van der Waals surface area contributed by atoms with Gasteiger partial charge in [-0.25, -0.2) is 14.2 Å². The monoisotopic (exact) mass is 498 g/mol. The van der Waals surface area contributed by atoms with Gasteiger partial charge in [0.15, 0.2) is 0 Å². The summed E-state index contributed by atoms with van der Waals surface area (Å²) in [6, 6.07) is 23.8. The standard InChI is InChI=1S/C19H13N3O4S.C7H5NO/c1-11-15-17(27-16(11)12-7-9-14(10-8-12)22(25)26)20-19(24)21(18(15)23)13-5-3-2-4-6-13;9-6-8-7-4-2-1-3-5-7/h2-10H,1H3,(H,20,24);1-5H. The van der Waals surface area contributed by atoms with Gasteiger partial charge in [-0.1, -0.05) is 36.4 Å². The van der Waals surface area contributed by atoms with Crippen LogP contribution in [0.4, 0.5) is 11.4 Å². The molecule has 0 spiro atoms. The van der Waals surface area contributed by atoms with Gasteiger partial charge in [-0.2, -0.15) is 4.99 Å². The molecule has 178 valence electrons. The molecule has 9 nitrogen and oxygen atoms in total. The molecule has 0 atom stereocenters. The van der Waals surface area contributed by atoms with Crippen molar-refractivity contribution in [3.05, 3.63) is 121 Å². The maximum Gasteiger partial charge on any atom is 0.334 e.